The normalized spacial score (nSPS) is 14.6. The van der Waals surface area contributed by atoms with Crippen molar-refractivity contribution in [1.82, 2.24) is 4.90 Å². The molecule has 0 aromatic heterocycles. The molecule has 1 aliphatic rings. The minimum atomic E-state index is -0.978. The molecular formula is C15H20N2O3. The Kier molecular flexibility index (Phi) is 3.97. The minimum absolute atomic E-state index is 0.186. The Balaban J connectivity index is 2.16. The first-order valence-electron chi connectivity index (χ1n) is 6.78. The van der Waals surface area contributed by atoms with E-state index in [1.54, 1.807) is 24.9 Å². The van der Waals surface area contributed by atoms with E-state index < -0.39 is 5.97 Å². The Bertz CT molecular complexity index is 550. The zero-order valence-corrected chi connectivity index (χ0v) is 12.1. The maximum absolute atomic E-state index is 12.1. The number of nitrogens with zero attached hydrogens (tertiary/aromatic N) is 1. The number of nitrogens with one attached hydrogen (secondary N) is 1. The summed E-state index contributed by atoms with van der Waals surface area (Å²) in [5.74, 6) is -0.978. The molecule has 0 spiro atoms. The van der Waals surface area contributed by atoms with Crippen LogP contribution in [0.2, 0.25) is 0 Å². The van der Waals surface area contributed by atoms with Crippen molar-refractivity contribution in [3.63, 3.8) is 0 Å². The summed E-state index contributed by atoms with van der Waals surface area (Å²) in [5, 5.41) is 11.9. The Morgan fingerprint density at radius 1 is 1.30 bits per heavy atom. The van der Waals surface area contributed by atoms with Crippen molar-refractivity contribution in [3.05, 3.63) is 28.8 Å². The highest BCUT2D eigenvalue weighted by molar-refractivity contribution is 5.94. The van der Waals surface area contributed by atoms with Gasteiger partial charge in [0.1, 0.15) is 0 Å². The third kappa shape index (κ3) is 2.76. The van der Waals surface area contributed by atoms with Gasteiger partial charge in [0.15, 0.2) is 0 Å². The van der Waals surface area contributed by atoms with Gasteiger partial charge in [0.05, 0.1) is 5.56 Å². The predicted molar refractivity (Wildman–Crippen MR) is 77.3 cm³/mol. The molecule has 1 aromatic rings. The number of carboxylic acids is 1. The van der Waals surface area contributed by atoms with Crippen LogP contribution in [0.5, 0.6) is 0 Å². The van der Waals surface area contributed by atoms with E-state index in [-0.39, 0.29) is 11.6 Å². The second kappa shape index (κ2) is 5.53. The highest BCUT2D eigenvalue weighted by Gasteiger charge is 2.25. The maximum Gasteiger partial charge on any atom is 0.336 e. The molecule has 108 valence electrons. The molecule has 0 bridgehead atoms. The van der Waals surface area contributed by atoms with Crippen molar-refractivity contribution < 1.29 is 14.7 Å². The molecule has 5 nitrogen and oxygen atoms in total. The second-order valence-electron chi connectivity index (χ2n) is 5.40. The lowest BCUT2D eigenvalue weighted by atomic mass is 9.92. The quantitative estimate of drug-likeness (QED) is 0.891. The lowest BCUT2D eigenvalue weighted by Crippen LogP contribution is -2.43. The first-order valence-corrected chi connectivity index (χ1v) is 6.78. The Morgan fingerprint density at radius 3 is 2.45 bits per heavy atom. The van der Waals surface area contributed by atoms with E-state index >= 15 is 0 Å². The highest BCUT2D eigenvalue weighted by atomic mass is 16.4. The zero-order valence-electron chi connectivity index (χ0n) is 12.1. The van der Waals surface area contributed by atoms with Gasteiger partial charge in [0, 0.05) is 18.8 Å². The maximum atomic E-state index is 12.1. The standard InChI is InChI=1S/C15H20N2O3/c1-9-7-11(8-13(10(9)2)14(18)19)16-15(20)17(3)12-5-4-6-12/h7-8,12H,4-6H2,1-3H3,(H,16,20)(H,18,19). The molecule has 1 aliphatic carbocycles. The smallest absolute Gasteiger partial charge is 0.336 e. The molecule has 1 saturated carbocycles. The monoisotopic (exact) mass is 276 g/mol. The van der Waals surface area contributed by atoms with Gasteiger partial charge in [-0.25, -0.2) is 9.59 Å². The average Bonchev–Trinajstić information content (AvgIpc) is 2.30. The molecule has 5 heteroatoms. The van der Waals surface area contributed by atoms with E-state index in [9.17, 15) is 14.7 Å². The van der Waals surface area contributed by atoms with Gasteiger partial charge in [0.2, 0.25) is 0 Å². The van der Waals surface area contributed by atoms with E-state index in [1.807, 2.05) is 6.92 Å². The molecule has 0 saturated heterocycles. The van der Waals surface area contributed by atoms with Crippen molar-refractivity contribution >= 4 is 17.7 Å². The molecular weight excluding hydrogens is 256 g/mol. The van der Waals surface area contributed by atoms with Crippen molar-refractivity contribution in [2.75, 3.05) is 12.4 Å². The molecule has 0 heterocycles. The molecule has 2 N–H and O–H groups in total. The molecule has 0 unspecified atom stereocenters. The van der Waals surface area contributed by atoms with Gasteiger partial charge in [-0.05, 0) is 56.4 Å². The van der Waals surface area contributed by atoms with Crippen LogP contribution in [-0.4, -0.2) is 35.1 Å². The number of anilines is 1. The molecule has 0 atom stereocenters. The van der Waals surface area contributed by atoms with E-state index in [0.717, 1.165) is 30.4 Å². The first kappa shape index (κ1) is 14.4. The molecule has 1 aromatic carbocycles. The summed E-state index contributed by atoms with van der Waals surface area (Å²) in [5.41, 5.74) is 2.34. The van der Waals surface area contributed by atoms with Crippen LogP contribution in [0, 0.1) is 13.8 Å². The minimum Gasteiger partial charge on any atom is -0.478 e. The van der Waals surface area contributed by atoms with Crippen LogP contribution < -0.4 is 5.32 Å². The summed E-state index contributed by atoms with van der Waals surface area (Å²) in [6.07, 6.45) is 3.24. The summed E-state index contributed by atoms with van der Waals surface area (Å²) >= 11 is 0. The number of aryl methyl sites for hydroxylation is 1. The van der Waals surface area contributed by atoms with Crippen molar-refractivity contribution in [2.45, 2.75) is 39.2 Å². The Hall–Kier alpha value is -2.04. The topological polar surface area (TPSA) is 69.6 Å². The van der Waals surface area contributed by atoms with Gasteiger partial charge >= 0.3 is 12.0 Å². The fraction of sp³-hybridized carbons (Fsp3) is 0.467. The van der Waals surface area contributed by atoms with Gasteiger partial charge in [-0.3, -0.25) is 0 Å². The number of carbonyl (C=O) groups is 2. The molecule has 2 amide bonds. The number of amides is 2. The average molecular weight is 276 g/mol. The number of urea groups is 1. The summed E-state index contributed by atoms with van der Waals surface area (Å²) in [4.78, 5) is 25.0. The number of carbonyl (C=O) groups excluding carboxylic acids is 1. The largest absolute Gasteiger partial charge is 0.478 e. The number of benzene rings is 1. The molecule has 2 rings (SSSR count). The number of aromatic carboxylic acids is 1. The van der Waals surface area contributed by atoms with Gasteiger partial charge < -0.3 is 15.3 Å². The molecule has 20 heavy (non-hydrogen) atoms. The van der Waals surface area contributed by atoms with Crippen molar-refractivity contribution in [2.24, 2.45) is 0 Å². The first-order chi connectivity index (χ1) is 9.40. The summed E-state index contributed by atoms with van der Waals surface area (Å²) in [6.45, 7) is 3.61. The summed E-state index contributed by atoms with van der Waals surface area (Å²) in [6, 6.07) is 3.43. The van der Waals surface area contributed by atoms with Gasteiger partial charge in [-0.1, -0.05) is 0 Å². The van der Waals surface area contributed by atoms with Crippen LogP contribution in [0.25, 0.3) is 0 Å². The molecule has 0 aliphatic heterocycles. The van der Waals surface area contributed by atoms with E-state index in [4.69, 9.17) is 0 Å². The number of hydrogen-bond acceptors (Lipinski definition) is 2. The van der Waals surface area contributed by atoms with Crippen LogP contribution >= 0.6 is 0 Å². The lowest BCUT2D eigenvalue weighted by Gasteiger charge is -2.34. The highest BCUT2D eigenvalue weighted by Crippen LogP contribution is 2.25. The van der Waals surface area contributed by atoms with Crippen molar-refractivity contribution in [3.8, 4) is 0 Å². The Morgan fingerprint density at radius 2 is 1.95 bits per heavy atom. The third-order valence-electron chi connectivity index (χ3n) is 4.09. The zero-order chi connectivity index (χ0) is 14.9. The van der Waals surface area contributed by atoms with Crippen LogP contribution in [0.15, 0.2) is 12.1 Å². The molecule has 1 fully saturated rings. The van der Waals surface area contributed by atoms with Crippen LogP contribution in [0.3, 0.4) is 0 Å². The van der Waals surface area contributed by atoms with E-state index in [0.29, 0.717) is 11.7 Å². The van der Waals surface area contributed by atoms with Gasteiger partial charge in [0.25, 0.3) is 0 Å². The fourth-order valence-corrected chi connectivity index (χ4v) is 2.31. The molecule has 0 radical (unpaired) electrons. The fourth-order valence-electron chi connectivity index (χ4n) is 2.31. The number of hydrogen-bond donors (Lipinski definition) is 2. The van der Waals surface area contributed by atoms with Crippen LogP contribution in [-0.2, 0) is 0 Å². The summed E-state index contributed by atoms with van der Waals surface area (Å²) < 4.78 is 0. The van der Waals surface area contributed by atoms with Crippen LogP contribution in [0.4, 0.5) is 10.5 Å². The third-order valence-corrected chi connectivity index (χ3v) is 4.09. The predicted octanol–water partition coefficient (Wildman–Crippen LogP) is 3.02. The second-order valence-corrected chi connectivity index (χ2v) is 5.40. The van der Waals surface area contributed by atoms with Gasteiger partial charge in [-0.2, -0.15) is 0 Å². The SMILES string of the molecule is Cc1cc(NC(=O)N(C)C2CCC2)cc(C(=O)O)c1C. The van der Waals surface area contributed by atoms with E-state index in [2.05, 4.69) is 5.32 Å². The van der Waals surface area contributed by atoms with Crippen molar-refractivity contribution in [1.29, 1.82) is 0 Å². The summed E-state index contributed by atoms with van der Waals surface area (Å²) in [7, 11) is 1.78. The van der Waals surface area contributed by atoms with E-state index in [1.165, 1.54) is 6.07 Å². The van der Waals surface area contributed by atoms with Gasteiger partial charge in [-0.15, -0.1) is 0 Å². The number of rotatable bonds is 3. The lowest BCUT2D eigenvalue weighted by molar-refractivity contribution is 0.0696. The Labute approximate surface area is 118 Å². The number of carboxylic acid groups (broad SMARTS) is 1. The van der Waals surface area contributed by atoms with Crippen LogP contribution in [0.1, 0.15) is 40.7 Å².